The average Bonchev–Trinajstić information content (AvgIpc) is 2.69. The van der Waals surface area contributed by atoms with Gasteiger partial charge in [0.1, 0.15) is 6.10 Å². The quantitative estimate of drug-likeness (QED) is 0.825. The van der Waals surface area contributed by atoms with Gasteiger partial charge < -0.3 is 10.1 Å². The molecule has 0 spiro atoms. The van der Waals surface area contributed by atoms with Crippen LogP contribution in [0.3, 0.4) is 0 Å². The van der Waals surface area contributed by atoms with Crippen LogP contribution in [-0.4, -0.2) is 23.1 Å². The van der Waals surface area contributed by atoms with Gasteiger partial charge >= 0.3 is 0 Å². The predicted molar refractivity (Wildman–Crippen MR) is 59.2 cm³/mol. The molecule has 0 unspecified atom stereocenters. The van der Waals surface area contributed by atoms with E-state index in [4.69, 9.17) is 4.74 Å². The van der Waals surface area contributed by atoms with E-state index in [-0.39, 0.29) is 0 Å². The first-order valence-electron chi connectivity index (χ1n) is 5.48. The van der Waals surface area contributed by atoms with Gasteiger partial charge in [0, 0.05) is 18.8 Å². The fraction of sp³-hybridized carbons (Fsp3) is 0.636. The van der Waals surface area contributed by atoms with E-state index in [0.717, 1.165) is 18.5 Å². The van der Waals surface area contributed by atoms with Gasteiger partial charge in [-0.3, -0.25) is 0 Å². The Morgan fingerprint density at radius 2 is 2.07 bits per heavy atom. The van der Waals surface area contributed by atoms with Gasteiger partial charge in [-0.25, -0.2) is 4.98 Å². The van der Waals surface area contributed by atoms with E-state index >= 15 is 0 Å². The molecule has 15 heavy (non-hydrogen) atoms. The minimum Gasteiger partial charge on any atom is -0.474 e. The smallest absolute Gasteiger partial charge is 0.225 e. The van der Waals surface area contributed by atoms with Gasteiger partial charge in [-0.05, 0) is 32.6 Å². The fourth-order valence-electron chi connectivity index (χ4n) is 1.89. The van der Waals surface area contributed by atoms with E-state index in [1.54, 1.807) is 0 Å². The standard InChI is InChI=1S/C11H17N3O/c1-8-7-10(14-11(12-2)13-8)15-9-5-3-4-6-9/h7,9H,3-6H2,1-2H3,(H,12,13,14). The summed E-state index contributed by atoms with van der Waals surface area (Å²) in [5.74, 6) is 1.32. The molecule has 1 N–H and O–H groups in total. The van der Waals surface area contributed by atoms with E-state index in [0.29, 0.717) is 17.9 Å². The average molecular weight is 207 g/mol. The summed E-state index contributed by atoms with van der Waals surface area (Å²) in [6.07, 6.45) is 5.20. The van der Waals surface area contributed by atoms with Crippen molar-refractivity contribution in [2.75, 3.05) is 12.4 Å². The van der Waals surface area contributed by atoms with Crippen LogP contribution in [0.15, 0.2) is 6.07 Å². The third-order valence-corrected chi connectivity index (χ3v) is 2.64. The van der Waals surface area contributed by atoms with Crippen LogP contribution < -0.4 is 10.1 Å². The zero-order valence-corrected chi connectivity index (χ0v) is 9.29. The van der Waals surface area contributed by atoms with Crippen molar-refractivity contribution >= 4 is 5.95 Å². The molecule has 1 aromatic heterocycles. The molecule has 0 aromatic carbocycles. The summed E-state index contributed by atoms with van der Waals surface area (Å²) in [7, 11) is 1.81. The normalized spacial score (nSPS) is 16.7. The number of hydrogen-bond acceptors (Lipinski definition) is 4. The lowest BCUT2D eigenvalue weighted by molar-refractivity contribution is 0.201. The van der Waals surface area contributed by atoms with Gasteiger partial charge in [-0.1, -0.05) is 0 Å². The van der Waals surface area contributed by atoms with Crippen LogP contribution in [0.25, 0.3) is 0 Å². The van der Waals surface area contributed by atoms with Gasteiger partial charge in [-0.15, -0.1) is 0 Å². The third-order valence-electron chi connectivity index (χ3n) is 2.64. The molecule has 2 rings (SSSR count). The molecular formula is C11H17N3O. The van der Waals surface area contributed by atoms with Crippen molar-refractivity contribution in [3.63, 3.8) is 0 Å². The number of rotatable bonds is 3. The first-order chi connectivity index (χ1) is 7.28. The summed E-state index contributed by atoms with van der Waals surface area (Å²) in [6, 6.07) is 1.89. The number of anilines is 1. The Bertz CT molecular complexity index is 335. The van der Waals surface area contributed by atoms with Crippen LogP contribution >= 0.6 is 0 Å². The van der Waals surface area contributed by atoms with Crippen LogP contribution in [0, 0.1) is 6.92 Å². The topological polar surface area (TPSA) is 47.0 Å². The van der Waals surface area contributed by atoms with Gasteiger partial charge in [-0.2, -0.15) is 4.98 Å². The molecule has 0 radical (unpaired) electrons. The van der Waals surface area contributed by atoms with Crippen LogP contribution in [0.4, 0.5) is 5.95 Å². The molecule has 0 amide bonds. The van der Waals surface area contributed by atoms with Crippen molar-refractivity contribution in [1.29, 1.82) is 0 Å². The number of hydrogen-bond donors (Lipinski definition) is 1. The Balaban J connectivity index is 2.09. The van der Waals surface area contributed by atoms with Crippen LogP contribution in [0.5, 0.6) is 5.88 Å². The number of ether oxygens (including phenoxy) is 1. The molecule has 1 aromatic rings. The number of nitrogens with zero attached hydrogens (tertiary/aromatic N) is 2. The molecule has 4 nitrogen and oxygen atoms in total. The number of aromatic nitrogens is 2. The van der Waals surface area contributed by atoms with Crippen LogP contribution in [0.1, 0.15) is 31.4 Å². The van der Waals surface area contributed by atoms with E-state index < -0.39 is 0 Å². The molecule has 1 aliphatic carbocycles. The summed E-state index contributed by atoms with van der Waals surface area (Å²) in [6.45, 7) is 1.95. The summed E-state index contributed by atoms with van der Waals surface area (Å²) in [5.41, 5.74) is 0.933. The largest absolute Gasteiger partial charge is 0.474 e. The van der Waals surface area contributed by atoms with E-state index in [2.05, 4.69) is 15.3 Å². The number of nitrogens with one attached hydrogen (secondary N) is 1. The summed E-state index contributed by atoms with van der Waals surface area (Å²) in [5, 5.41) is 2.93. The Labute approximate surface area is 90.1 Å². The van der Waals surface area contributed by atoms with Crippen molar-refractivity contribution in [2.24, 2.45) is 0 Å². The van der Waals surface area contributed by atoms with Gasteiger partial charge in [0.15, 0.2) is 0 Å². The minimum atomic E-state index is 0.351. The van der Waals surface area contributed by atoms with Crippen molar-refractivity contribution in [3.05, 3.63) is 11.8 Å². The van der Waals surface area contributed by atoms with E-state index in [1.807, 2.05) is 20.0 Å². The third kappa shape index (κ3) is 2.58. The van der Waals surface area contributed by atoms with Crippen LogP contribution in [0.2, 0.25) is 0 Å². The monoisotopic (exact) mass is 207 g/mol. The van der Waals surface area contributed by atoms with Crippen molar-refractivity contribution < 1.29 is 4.74 Å². The molecule has 1 heterocycles. The lowest BCUT2D eigenvalue weighted by Crippen LogP contribution is -2.13. The molecule has 1 saturated carbocycles. The Morgan fingerprint density at radius 1 is 1.33 bits per heavy atom. The second-order valence-electron chi connectivity index (χ2n) is 3.95. The second kappa shape index (κ2) is 4.47. The van der Waals surface area contributed by atoms with E-state index in [9.17, 15) is 0 Å². The summed E-state index contributed by atoms with van der Waals surface area (Å²) >= 11 is 0. The lowest BCUT2D eigenvalue weighted by atomic mass is 10.3. The second-order valence-corrected chi connectivity index (χ2v) is 3.95. The highest BCUT2D eigenvalue weighted by molar-refractivity contribution is 5.29. The Morgan fingerprint density at radius 3 is 2.73 bits per heavy atom. The molecule has 1 fully saturated rings. The van der Waals surface area contributed by atoms with Gasteiger partial charge in [0.2, 0.25) is 11.8 Å². The zero-order valence-electron chi connectivity index (χ0n) is 9.29. The molecule has 0 aliphatic heterocycles. The minimum absolute atomic E-state index is 0.351. The lowest BCUT2D eigenvalue weighted by Gasteiger charge is -2.12. The zero-order chi connectivity index (χ0) is 10.7. The molecule has 4 heteroatoms. The molecule has 0 saturated heterocycles. The maximum atomic E-state index is 5.81. The molecule has 1 aliphatic rings. The molecule has 0 bridgehead atoms. The molecular weight excluding hydrogens is 190 g/mol. The SMILES string of the molecule is CNc1nc(C)cc(OC2CCCC2)n1. The van der Waals surface area contributed by atoms with Crippen LogP contribution in [-0.2, 0) is 0 Å². The van der Waals surface area contributed by atoms with Crippen molar-refractivity contribution in [3.8, 4) is 5.88 Å². The maximum Gasteiger partial charge on any atom is 0.225 e. The highest BCUT2D eigenvalue weighted by Crippen LogP contribution is 2.23. The predicted octanol–water partition coefficient (Wildman–Crippen LogP) is 2.15. The van der Waals surface area contributed by atoms with E-state index in [1.165, 1.54) is 12.8 Å². The highest BCUT2D eigenvalue weighted by atomic mass is 16.5. The van der Waals surface area contributed by atoms with Gasteiger partial charge in [0.05, 0.1) is 0 Å². The summed E-state index contributed by atoms with van der Waals surface area (Å²) in [4.78, 5) is 8.50. The number of aryl methyl sites for hydroxylation is 1. The maximum absolute atomic E-state index is 5.81. The first-order valence-corrected chi connectivity index (χ1v) is 5.48. The Kier molecular flexibility index (Phi) is 3.04. The fourth-order valence-corrected chi connectivity index (χ4v) is 1.89. The highest BCUT2D eigenvalue weighted by Gasteiger charge is 2.17. The molecule has 82 valence electrons. The van der Waals surface area contributed by atoms with Crippen molar-refractivity contribution in [1.82, 2.24) is 9.97 Å². The summed E-state index contributed by atoms with van der Waals surface area (Å²) < 4.78 is 5.81. The van der Waals surface area contributed by atoms with Gasteiger partial charge in [0.25, 0.3) is 0 Å². The van der Waals surface area contributed by atoms with Crippen molar-refractivity contribution in [2.45, 2.75) is 38.7 Å². The Hall–Kier alpha value is -1.32. The first kappa shape index (κ1) is 10.2. The molecule has 0 atom stereocenters.